The van der Waals surface area contributed by atoms with Crippen LogP contribution in [0.3, 0.4) is 0 Å². The van der Waals surface area contributed by atoms with Gasteiger partial charge in [-0.15, -0.1) is 0 Å². The van der Waals surface area contributed by atoms with Crippen molar-refractivity contribution >= 4 is 22.5 Å². The van der Waals surface area contributed by atoms with Crippen molar-refractivity contribution in [1.29, 1.82) is 0 Å². The summed E-state index contributed by atoms with van der Waals surface area (Å²) in [5, 5.41) is 5.29. The van der Waals surface area contributed by atoms with Gasteiger partial charge >= 0.3 is 6.03 Å². The second-order valence-electron chi connectivity index (χ2n) is 7.66. The lowest BCUT2D eigenvalue weighted by atomic mass is 9.99. The zero-order chi connectivity index (χ0) is 18.3. The van der Waals surface area contributed by atoms with Crippen LogP contribution in [0.2, 0.25) is 0 Å². The predicted molar refractivity (Wildman–Crippen MR) is 104 cm³/mol. The molecule has 3 aliphatic rings. The van der Waals surface area contributed by atoms with Crippen molar-refractivity contribution < 1.29 is 14.3 Å². The summed E-state index contributed by atoms with van der Waals surface area (Å²) < 4.78 is 11.6. The highest BCUT2D eigenvalue weighted by molar-refractivity contribution is 6.01. The fraction of sp³-hybridized carbons (Fsp3) is 0.476. The number of rotatable bonds is 2. The lowest BCUT2D eigenvalue weighted by molar-refractivity contribution is -0.190. The van der Waals surface area contributed by atoms with E-state index >= 15 is 0 Å². The van der Waals surface area contributed by atoms with Gasteiger partial charge in [0.25, 0.3) is 0 Å². The molecule has 0 aliphatic carbocycles. The molecular weight excluding hydrogens is 342 g/mol. The van der Waals surface area contributed by atoms with Gasteiger partial charge in [0.15, 0.2) is 5.79 Å². The van der Waals surface area contributed by atoms with Gasteiger partial charge in [-0.05, 0) is 11.5 Å². The van der Waals surface area contributed by atoms with Crippen molar-refractivity contribution in [2.75, 3.05) is 44.7 Å². The Morgan fingerprint density at radius 2 is 1.70 bits per heavy atom. The lowest BCUT2D eigenvalue weighted by Crippen LogP contribution is -2.64. The third kappa shape index (κ3) is 3.18. The second kappa shape index (κ2) is 6.78. The van der Waals surface area contributed by atoms with Crippen LogP contribution >= 0.6 is 0 Å². The van der Waals surface area contributed by atoms with Crippen LogP contribution in [0.15, 0.2) is 42.5 Å². The minimum atomic E-state index is -0.328. The van der Waals surface area contributed by atoms with E-state index in [0.29, 0.717) is 19.3 Å². The number of carbonyl (C=O) groups is 1. The molecule has 6 nitrogen and oxygen atoms in total. The topological polar surface area (TPSA) is 54.0 Å². The second-order valence-corrected chi connectivity index (χ2v) is 7.66. The van der Waals surface area contributed by atoms with Gasteiger partial charge in [0.2, 0.25) is 0 Å². The Hall–Kier alpha value is -2.15. The third-order valence-corrected chi connectivity index (χ3v) is 6.07. The fourth-order valence-electron chi connectivity index (χ4n) is 4.40. The van der Waals surface area contributed by atoms with Crippen molar-refractivity contribution in [2.45, 2.75) is 24.7 Å². The van der Waals surface area contributed by atoms with Gasteiger partial charge < -0.3 is 19.7 Å². The number of hydrogen-bond acceptors (Lipinski definition) is 4. The number of fused-ring (bicyclic) bond motifs is 1. The average Bonchev–Trinajstić information content (AvgIpc) is 3.11. The van der Waals surface area contributed by atoms with Gasteiger partial charge in [-0.2, -0.15) is 0 Å². The van der Waals surface area contributed by atoms with E-state index in [2.05, 4.69) is 22.3 Å². The Morgan fingerprint density at radius 1 is 1.00 bits per heavy atom. The maximum Gasteiger partial charge on any atom is 0.321 e. The molecule has 1 spiro atoms. The number of nitrogens with one attached hydrogen (secondary N) is 1. The van der Waals surface area contributed by atoms with Crippen LogP contribution < -0.4 is 5.32 Å². The molecule has 1 N–H and O–H groups in total. The normalized spacial score (nSPS) is 22.9. The first-order valence-corrected chi connectivity index (χ1v) is 9.78. The number of hydrogen-bond donors (Lipinski definition) is 1. The Balaban J connectivity index is 1.16. The van der Waals surface area contributed by atoms with Gasteiger partial charge in [0.05, 0.1) is 18.9 Å². The first-order valence-electron chi connectivity index (χ1n) is 9.78. The molecule has 2 amide bonds. The number of carbonyl (C=O) groups excluding carboxylic acids is 1. The minimum absolute atomic E-state index is 0.0152. The number of likely N-dealkylation sites (tertiary alicyclic amines) is 2. The van der Waals surface area contributed by atoms with E-state index < -0.39 is 0 Å². The van der Waals surface area contributed by atoms with Crippen molar-refractivity contribution in [2.24, 2.45) is 0 Å². The molecule has 3 heterocycles. The van der Waals surface area contributed by atoms with E-state index in [9.17, 15) is 4.79 Å². The van der Waals surface area contributed by atoms with E-state index in [1.165, 1.54) is 0 Å². The van der Waals surface area contributed by atoms with Crippen molar-refractivity contribution in [3.63, 3.8) is 0 Å². The average molecular weight is 367 g/mol. The van der Waals surface area contributed by atoms with E-state index in [1.807, 2.05) is 35.2 Å². The van der Waals surface area contributed by atoms with E-state index in [1.54, 1.807) is 0 Å². The van der Waals surface area contributed by atoms with E-state index in [0.717, 1.165) is 55.5 Å². The SMILES string of the molecule is O=C(Nc1cccc2ccccc12)N1CC(N2CCC3(CC2)OCCO3)C1. The quantitative estimate of drug-likeness (QED) is 0.887. The van der Waals surface area contributed by atoms with Gasteiger partial charge in [-0.1, -0.05) is 36.4 Å². The number of piperidine rings is 1. The summed E-state index contributed by atoms with van der Waals surface area (Å²) in [5.41, 5.74) is 0.872. The largest absolute Gasteiger partial charge is 0.347 e. The molecule has 27 heavy (non-hydrogen) atoms. The monoisotopic (exact) mass is 367 g/mol. The molecular formula is C21H25N3O3. The molecule has 3 fully saturated rings. The Labute approximate surface area is 159 Å². The summed E-state index contributed by atoms with van der Waals surface area (Å²) in [4.78, 5) is 17.0. The van der Waals surface area contributed by atoms with Crippen molar-refractivity contribution in [3.8, 4) is 0 Å². The van der Waals surface area contributed by atoms with E-state index in [-0.39, 0.29) is 11.8 Å². The van der Waals surface area contributed by atoms with Crippen LogP contribution in [0.5, 0.6) is 0 Å². The Bertz CT molecular complexity index is 828. The lowest BCUT2D eigenvalue weighted by Gasteiger charge is -2.48. The molecule has 3 aliphatic heterocycles. The molecule has 0 aromatic heterocycles. The highest BCUT2D eigenvalue weighted by Gasteiger charge is 2.43. The highest BCUT2D eigenvalue weighted by Crippen LogP contribution is 2.33. The Kier molecular flexibility index (Phi) is 4.27. The number of urea groups is 1. The summed E-state index contributed by atoms with van der Waals surface area (Å²) in [7, 11) is 0. The van der Waals surface area contributed by atoms with Gasteiger partial charge in [-0.3, -0.25) is 4.90 Å². The molecule has 2 aromatic rings. The minimum Gasteiger partial charge on any atom is -0.347 e. The zero-order valence-electron chi connectivity index (χ0n) is 15.4. The number of benzene rings is 2. The third-order valence-electron chi connectivity index (χ3n) is 6.07. The first kappa shape index (κ1) is 17.0. The molecule has 0 saturated carbocycles. The Morgan fingerprint density at radius 3 is 2.48 bits per heavy atom. The number of nitrogens with zero attached hydrogens (tertiary/aromatic N) is 2. The van der Waals surface area contributed by atoms with Crippen LogP contribution in [0.1, 0.15) is 12.8 Å². The van der Waals surface area contributed by atoms with Crippen LogP contribution in [0.4, 0.5) is 10.5 Å². The fourth-order valence-corrected chi connectivity index (χ4v) is 4.40. The molecule has 5 rings (SSSR count). The van der Waals surface area contributed by atoms with E-state index in [4.69, 9.17) is 9.47 Å². The first-order chi connectivity index (χ1) is 13.2. The summed E-state index contributed by atoms with van der Waals surface area (Å²) >= 11 is 0. The molecule has 0 radical (unpaired) electrons. The van der Waals surface area contributed by atoms with Gasteiger partial charge in [-0.25, -0.2) is 4.79 Å². The maximum atomic E-state index is 12.6. The molecule has 0 atom stereocenters. The summed E-state index contributed by atoms with van der Waals surface area (Å²) in [6, 6.07) is 14.5. The van der Waals surface area contributed by atoms with Gasteiger partial charge in [0, 0.05) is 50.4 Å². The molecule has 6 heteroatoms. The molecule has 2 aromatic carbocycles. The predicted octanol–water partition coefficient (Wildman–Crippen LogP) is 2.89. The molecule has 3 saturated heterocycles. The molecule has 0 bridgehead atoms. The maximum absolute atomic E-state index is 12.6. The summed E-state index contributed by atoms with van der Waals surface area (Å²) in [5.74, 6) is -0.328. The highest BCUT2D eigenvalue weighted by atomic mass is 16.7. The van der Waals surface area contributed by atoms with Crippen molar-refractivity contribution in [1.82, 2.24) is 9.80 Å². The smallest absolute Gasteiger partial charge is 0.321 e. The summed E-state index contributed by atoms with van der Waals surface area (Å²) in [6.45, 7) is 4.95. The zero-order valence-corrected chi connectivity index (χ0v) is 15.4. The standard InChI is InChI=1S/C21H25N3O3/c25-20(22-19-7-3-5-16-4-1-2-6-18(16)19)24-14-17(15-24)23-10-8-21(9-11-23)26-12-13-27-21/h1-7,17H,8-15H2,(H,22,25). The van der Waals surface area contributed by atoms with Crippen LogP contribution in [-0.2, 0) is 9.47 Å². The van der Waals surface area contributed by atoms with Gasteiger partial charge in [0.1, 0.15) is 0 Å². The number of anilines is 1. The summed E-state index contributed by atoms with van der Waals surface area (Å²) in [6.07, 6.45) is 1.84. The molecule has 0 unspecified atom stereocenters. The number of amides is 2. The van der Waals surface area contributed by atoms with Crippen LogP contribution in [0, 0.1) is 0 Å². The van der Waals surface area contributed by atoms with Crippen LogP contribution in [0.25, 0.3) is 10.8 Å². The number of ether oxygens (including phenoxy) is 2. The van der Waals surface area contributed by atoms with Crippen LogP contribution in [-0.4, -0.2) is 67.1 Å². The van der Waals surface area contributed by atoms with Crippen molar-refractivity contribution in [3.05, 3.63) is 42.5 Å². The molecule has 142 valence electrons.